The second-order valence-corrected chi connectivity index (χ2v) is 7.27. The lowest BCUT2D eigenvalue weighted by Gasteiger charge is -2.09. The smallest absolute Gasteiger partial charge is 0.347 e. The molecule has 1 amide bonds. The molecule has 11 heteroatoms. The number of benzene rings is 1. The lowest BCUT2D eigenvalue weighted by atomic mass is 10.1. The van der Waals surface area contributed by atoms with E-state index in [4.69, 9.17) is 0 Å². The van der Waals surface area contributed by atoms with Crippen LogP contribution in [-0.4, -0.2) is 10.9 Å². The Morgan fingerprint density at radius 1 is 1.08 bits per heavy atom. The van der Waals surface area contributed by atoms with Gasteiger partial charge in [-0.2, -0.15) is 26.3 Å². The molecule has 0 aliphatic heterocycles. The van der Waals surface area contributed by atoms with Gasteiger partial charge >= 0.3 is 12.4 Å². The van der Waals surface area contributed by atoms with Crippen molar-refractivity contribution < 1.29 is 31.1 Å². The van der Waals surface area contributed by atoms with Gasteiger partial charge in [-0.25, -0.2) is 4.98 Å². The van der Waals surface area contributed by atoms with E-state index in [9.17, 15) is 31.1 Å². The molecule has 0 bridgehead atoms. The number of aromatic nitrogens is 1. The maximum atomic E-state index is 12.8. The summed E-state index contributed by atoms with van der Waals surface area (Å²) in [4.78, 5) is 14.6. The minimum atomic E-state index is -4.76. The largest absolute Gasteiger partial charge is 0.435 e. The van der Waals surface area contributed by atoms with Gasteiger partial charge in [0.2, 0.25) is 0 Å². The summed E-state index contributed by atoms with van der Waals surface area (Å²) >= 11 is 2.16. The third-order valence-corrected chi connectivity index (χ3v) is 4.55. The molecule has 0 spiro atoms. The Labute approximate surface area is 149 Å². The molecule has 24 heavy (non-hydrogen) atoms. The van der Waals surface area contributed by atoms with Crippen LogP contribution in [0.2, 0.25) is 0 Å². The first-order valence-electron chi connectivity index (χ1n) is 6.16. The summed E-state index contributed by atoms with van der Waals surface area (Å²) in [6, 6.07) is 3.95. The van der Waals surface area contributed by atoms with E-state index in [1.807, 2.05) is 0 Å². The molecule has 1 aromatic carbocycles. The number of carbonyl (C=O) groups is 1. The number of thiazole rings is 1. The van der Waals surface area contributed by atoms with Crippen LogP contribution in [0.25, 0.3) is 0 Å². The first kappa shape index (κ1) is 19.0. The molecule has 1 N–H and O–H groups in total. The number of hydrogen-bond donors (Lipinski definition) is 1. The minimum Gasteiger partial charge on any atom is -0.347 e. The molecule has 1 heterocycles. The van der Waals surface area contributed by atoms with Crippen LogP contribution in [0.15, 0.2) is 24.3 Å². The predicted molar refractivity (Wildman–Crippen MR) is 82.4 cm³/mol. The van der Waals surface area contributed by atoms with Gasteiger partial charge in [0.05, 0.1) is 5.56 Å². The zero-order chi connectivity index (χ0) is 18.1. The van der Waals surface area contributed by atoms with Gasteiger partial charge in [0.25, 0.3) is 5.91 Å². The van der Waals surface area contributed by atoms with Crippen LogP contribution in [0.1, 0.15) is 26.5 Å². The van der Waals surface area contributed by atoms with E-state index in [0.29, 0.717) is 16.9 Å². The van der Waals surface area contributed by atoms with E-state index >= 15 is 0 Å². The third-order valence-electron chi connectivity index (χ3n) is 2.81. The van der Waals surface area contributed by atoms with Crippen molar-refractivity contribution in [2.45, 2.75) is 18.9 Å². The number of amides is 1. The number of rotatable bonds is 3. The number of hydrogen-bond acceptors (Lipinski definition) is 3. The monoisotopic (exact) mass is 480 g/mol. The third kappa shape index (κ3) is 4.59. The molecule has 0 aliphatic carbocycles. The van der Waals surface area contributed by atoms with Crippen molar-refractivity contribution in [1.29, 1.82) is 0 Å². The quantitative estimate of drug-likeness (QED) is 0.511. The van der Waals surface area contributed by atoms with E-state index in [2.05, 4.69) is 10.3 Å². The summed E-state index contributed by atoms with van der Waals surface area (Å²) in [7, 11) is 0. The van der Waals surface area contributed by atoms with Crippen LogP contribution in [0, 0.1) is 3.01 Å². The van der Waals surface area contributed by atoms with Gasteiger partial charge in [0.1, 0.15) is 4.88 Å². The van der Waals surface area contributed by atoms with Gasteiger partial charge in [-0.3, -0.25) is 4.79 Å². The van der Waals surface area contributed by atoms with E-state index in [1.54, 1.807) is 22.6 Å². The second kappa shape index (κ2) is 6.86. The summed E-state index contributed by atoms with van der Waals surface area (Å²) in [5.74, 6) is -0.984. The van der Waals surface area contributed by atoms with Gasteiger partial charge in [0.15, 0.2) is 8.71 Å². The van der Waals surface area contributed by atoms with Gasteiger partial charge in [-0.15, -0.1) is 11.3 Å². The van der Waals surface area contributed by atoms with Gasteiger partial charge in [-0.1, -0.05) is 12.1 Å². The van der Waals surface area contributed by atoms with Crippen molar-refractivity contribution >= 4 is 39.8 Å². The molecular weight excluding hydrogens is 473 g/mol. The highest BCUT2D eigenvalue weighted by Crippen LogP contribution is 2.34. The Hall–Kier alpha value is -1.37. The fraction of sp³-hybridized carbons (Fsp3) is 0.231. The Bertz CT molecular complexity index is 738. The summed E-state index contributed by atoms with van der Waals surface area (Å²) < 4.78 is 75.7. The molecule has 2 rings (SSSR count). The number of nitrogens with zero attached hydrogens (tertiary/aromatic N) is 1. The van der Waals surface area contributed by atoms with Crippen molar-refractivity contribution in [1.82, 2.24) is 10.3 Å². The zero-order valence-electron chi connectivity index (χ0n) is 11.4. The number of carbonyl (C=O) groups excluding carboxylic acids is 1. The predicted octanol–water partition coefficient (Wildman–Crippen LogP) is 4.72. The highest BCUT2D eigenvalue weighted by molar-refractivity contribution is 14.1. The van der Waals surface area contributed by atoms with Crippen molar-refractivity contribution in [3.8, 4) is 0 Å². The molecule has 0 unspecified atom stereocenters. The molecule has 0 radical (unpaired) electrons. The van der Waals surface area contributed by atoms with Gasteiger partial charge in [0, 0.05) is 6.54 Å². The average Bonchev–Trinajstić information content (AvgIpc) is 2.86. The van der Waals surface area contributed by atoms with Gasteiger partial charge < -0.3 is 5.32 Å². The standard InChI is InChI=1S/C13H7F6IN2OS/c14-12(15,16)7-3-1-6(2-4-7)5-21-10(23)8-9(13(17,18)19)22-11(20)24-8/h1-4H,5H2,(H,21,23). The summed E-state index contributed by atoms with van der Waals surface area (Å²) in [5, 5.41) is 2.25. The van der Waals surface area contributed by atoms with Crippen LogP contribution < -0.4 is 5.32 Å². The Morgan fingerprint density at radius 2 is 1.67 bits per heavy atom. The normalized spacial score (nSPS) is 12.3. The highest BCUT2D eigenvalue weighted by atomic mass is 127. The molecular formula is C13H7F6IN2OS. The molecule has 130 valence electrons. The molecule has 3 nitrogen and oxygen atoms in total. The fourth-order valence-electron chi connectivity index (χ4n) is 1.71. The number of nitrogens with one attached hydrogen (secondary N) is 1. The highest BCUT2D eigenvalue weighted by Gasteiger charge is 2.39. The van der Waals surface area contributed by atoms with Crippen LogP contribution in [0.5, 0.6) is 0 Å². The fourth-order valence-corrected chi connectivity index (χ4v) is 3.34. The minimum absolute atomic E-state index is 0.0552. The Balaban J connectivity index is 2.09. The van der Waals surface area contributed by atoms with Crippen molar-refractivity contribution in [2.24, 2.45) is 0 Å². The average molecular weight is 480 g/mol. The van der Waals surface area contributed by atoms with Crippen LogP contribution in [-0.2, 0) is 18.9 Å². The molecule has 1 aromatic heterocycles. The topological polar surface area (TPSA) is 42.0 Å². The van der Waals surface area contributed by atoms with Gasteiger partial charge in [-0.05, 0) is 40.3 Å². The van der Waals surface area contributed by atoms with E-state index in [1.165, 1.54) is 0 Å². The maximum Gasteiger partial charge on any atom is 0.435 e. The molecule has 0 fully saturated rings. The van der Waals surface area contributed by atoms with Crippen molar-refractivity contribution in [3.63, 3.8) is 0 Å². The van der Waals surface area contributed by atoms with Crippen LogP contribution in [0.3, 0.4) is 0 Å². The molecule has 0 atom stereocenters. The number of alkyl halides is 6. The summed E-state index contributed by atoms with van der Waals surface area (Å²) in [6.07, 6.45) is -9.25. The van der Waals surface area contributed by atoms with E-state index < -0.39 is 34.4 Å². The summed E-state index contributed by atoms with van der Waals surface area (Å²) in [6.45, 7) is -0.206. The molecule has 2 aromatic rings. The van der Waals surface area contributed by atoms with Crippen molar-refractivity contribution in [2.75, 3.05) is 0 Å². The molecule has 0 saturated carbocycles. The Morgan fingerprint density at radius 3 is 2.17 bits per heavy atom. The maximum absolute atomic E-state index is 12.8. The first-order valence-corrected chi connectivity index (χ1v) is 8.06. The first-order chi connectivity index (χ1) is 11.0. The zero-order valence-corrected chi connectivity index (χ0v) is 14.4. The second-order valence-electron chi connectivity index (χ2n) is 4.52. The summed E-state index contributed by atoms with van der Waals surface area (Å²) in [5.41, 5.74) is -1.81. The lowest BCUT2D eigenvalue weighted by molar-refractivity contribution is -0.141. The van der Waals surface area contributed by atoms with Crippen LogP contribution in [0.4, 0.5) is 26.3 Å². The molecule has 0 aliphatic rings. The SMILES string of the molecule is O=C(NCc1ccc(C(F)(F)F)cc1)c1sc(I)nc1C(F)(F)F. The Kier molecular flexibility index (Phi) is 5.42. The lowest BCUT2D eigenvalue weighted by Crippen LogP contribution is -2.24. The van der Waals surface area contributed by atoms with E-state index in [-0.39, 0.29) is 9.56 Å². The van der Waals surface area contributed by atoms with Crippen LogP contribution >= 0.6 is 33.9 Å². The van der Waals surface area contributed by atoms with Crippen molar-refractivity contribution in [3.05, 3.63) is 49.0 Å². The van der Waals surface area contributed by atoms with E-state index in [0.717, 1.165) is 24.3 Å². The number of halogens is 7. The molecule has 0 saturated heterocycles.